The van der Waals surface area contributed by atoms with E-state index in [2.05, 4.69) is 0 Å². The molecule has 0 amide bonds. The van der Waals surface area contributed by atoms with Crippen molar-refractivity contribution in [1.82, 2.24) is 4.90 Å². The van der Waals surface area contributed by atoms with Crippen LogP contribution in [-0.4, -0.2) is 29.1 Å². The van der Waals surface area contributed by atoms with Gasteiger partial charge in [0, 0.05) is 12.1 Å². The fraction of sp³-hybridized carbons (Fsp3) is 0.529. The Morgan fingerprint density at radius 1 is 1.32 bits per heavy atom. The Labute approximate surface area is 131 Å². The van der Waals surface area contributed by atoms with Crippen molar-refractivity contribution in [2.75, 3.05) is 7.05 Å². The molecule has 1 rings (SSSR count). The van der Waals surface area contributed by atoms with Crippen LogP contribution in [0.3, 0.4) is 0 Å². The molecule has 0 aliphatic heterocycles. The first-order chi connectivity index (χ1) is 9.97. The van der Waals surface area contributed by atoms with Crippen LogP contribution in [0.1, 0.15) is 45.7 Å². The number of carbonyl (C=O) groups is 1. The molecule has 0 spiro atoms. The lowest BCUT2D eigenvalue weighted by atomic mass is 10.0. The third-order valence-corrected chi connectivity index (χ3v) is 3.44. The standard InChI is InChI=1S/C17H23FN2O2/c1-16(2,3)22-15(21)17(4,5)20(6)11-13-8-7-12(10-19)9-14(13)18/h7-9H,11H2,1-6H3. The van der Waals surface area contributed by atoms with Gasteiger partial charge in [-0.05, 0) is 53.8 Å². The Morgan fingerprint density at radius 2 is 1.91 bits per heavy atom. The molecule has 0 bridgehead atoms. The normalized spacial score (nSPS) is 12.1. The minimum Gasteiger partial charge on any atom is -0.459 e. The molecule has 0 saturated heterocycles. The second-order valence-electron chi connectivity index (χ2n) is 6.83. The highest BCUT2D eigenvalue weighted by atomic mass is 19.1. The summed E-state index contributed by atoms with van der Waals surface area (Å²) in [6, 6.07) is 6.22. The van der Waals surface area contributed by atoms with Crippen LogP contribution in [-0.2, 0) is 16.1 Å². The summed E-state index contributed by atoms with van der Waals surface area (Å²) >= 11 is 0. The van der Waals surface area contributed by atoms with Gasteiger partial charge in [-0.25, -0.2) is 4.39 Å². The Kier molecular flexibility index (Phi) is 5.31. The van der Waals surface area contributed by atoms with E-state index in [9.17, 15) is 9.18 Å². The SMILES string of the molecule is CN(Cc1ccc(C#N)cc1F)C(C)(C)C(=O)OC(C)(C)C. The zero-order valence-corrected chi connectivity index (χ0v) is 14.0. The van der Waals surface area contributed by atoms with E-state index in [-0.39, 0.29) is 18.1 Å². The number of ether oxygens (including phenoxy) is 1. The molecule has 0 fully saturated rings. The molecule has 0 N–H and O–H groups in total. The third-order valence-electron chi connectivity index (χ3n) is 3.44. The average Bonchev–Trinajstić information content (AvgIpc) is 2.38. The van der Waals surface area contributed by atoms with Gasteiger partial charge in [-0.15, -0.1) is 0 Å². The van der Waals surface area contributed by atoms with Crippen LogP contribution in [0.2, 0.25) is 0 Å². The summed E-state index contributed by atoms with van der Waals surface area (Å²) < 4.78 is 19.4. The first-order valence-corrected chi connectivity index (χ1v) is 7.10. The molecule has 0 radical (unpaired) electrons. The van der Waals surface area contributed by atoms with E-state index in [4.69, 9.17) is 10.00 Å². The number of carbonyl (C=O) groups excluding carboxylic acids is 1. The molecule has 0 heterocycles. The summed E-state index contributed by atoms with van der Waals surface area (Å²) in [5.74, 6) is -0.817. The van der Waals surface area contributed by atoms with Crippen LogP contribution < -0.4 is 0 Å². The Morgan fingerprint density at radius 3 is 2.36 bits per heavy atom. The maximum atomic E-state index is 14.0. The number of nitrogens with zero attached hydrogens (tertiary/aromatic N) is 2. The van der Waals surface area contributed by atoms with Gasteiger partial charge in [0.1, 0.15) is 17.0 Å². The number of hydrogen-bond donors (Lipinski definition) is 0. The Balaban J connectivity index is 2.89. The second kappa shape index (κ2) is 6.45. The number of rotatable bonds is 4. The third kappa shape index (κ3) is 4.54. The summed E-state index contributed by atoms with van der Waals surface area (Å²) in [7, 11) is 1.74. The summed E-state index contributed by atoms with van der Waals surface area (Å²) in [4.78, 5) is 14.0. The van der Waals surface area contributed by atoms with Crippen molar-refractivity contribution in [3.05, 3.63) is 35.1 Å². The van der Waals surface area contributed by atoms with Crippen molar-refractivity contribution < 1.29 is 13.9 Å². The van der Waals surface area contributed by atoms with Gasteiger partial charge in [0.25, 0.3) is 0 Å². The molecule has 5 heteroatoms. The van der Waals surface area contributed by atoms with Gasteiger partial charge in [-0.2, -0.15) is 5.26 Å². The van der Waals surface area contributed by atoms with Gasteiger partial charge in [0.2, 0.25) is 0 Å². The fourth-order valence-corrected chi connectivity index (χ4v) is 1.76. The molecule has 0 aliphatic rings. The molecule has 0 unspecified atom stereocenters. The van der Waals surface area contributed by atoms with E-state index in [1.54, 1.807) is 58.7 Å². The Hall–Kier alpha value is -1.93. The first-order valence-electron chi connectivity index (χ1n) is 7.10. The zero-order chi connectivity index (χ0) is 17.1. The van der Waals surface area contributed by atoms with Crippen molar-refractivity contribution in [2.24, 2.45) is 0 Å². The summed E-state index contributed by atoms with van der Waals surface area (Å²) in [6.07, 6.45) is 0. The van der Waals surface area contributed by atoms with Gasteiger partial charge >= 0.3 is 5.97 Å². The van der Waals surface area contributed by atoms with Crippen LogP contribution >= 0.6 is 0 Å². The second-order valence-corrected chi connectivity index (χ2v) is 6.83. The van der Waals surface area contributed by atoms with Crippen LogP contribution in [0.15, 0.2) is 18.2 Å². The number of hydrogen-bond acceptors (Lipinski definition) is 4. The summed E-state index contributed by atoms with van der Waals surface area (Å²) in [5.41, 5.74) is -0.767. The molecule has 0 aliphatic carbocycles. The summed E-state index contributed by atoms with van der Waals surface area (Å²) in [5, 5.41) is 8.76. The van der Waals surface area contributed by atoms with Crippen molar-refractivity contribution in [3.8, 4) is 6.07 Å². The minimum absolute atomic E-state index is 0.240. The van der Waals surface area contributed by atoms with E-state index < -0.39 is 17.0 Å². The van der Waals surface area contributed by atoms with E-state index >= 15 is 0 Å². The molecule has 0 aromatic heterocycles. The number of nitriles is 1. The topological polar surface area (TPSA) is 53.3 Å². The summed E-state index contributed by atoms with van der Waals surface area (Å²) in [6.45, 7) is 9.14. The van der Waals surface area contributed by atoms with Crippen molar-refractivity contribution in [3.63, 3.8) is 0 Å². The van der Waals surface area contributed by atoms with E-state index in [0.717, 1.165) is 0 Å². The minimum atomic E-state index is -0.895. The van der Waals surface area contributed by atoms with Crippen molar-refractivity contribution >= 4 is 5.97 Å². The first kappa shape index (κ1) is 18.1. The number of halogens is 1. The number of benzene rings is 1. The molecule has 22 heavy (non-hydrogen) atoms. The van der Waals surface area contributed by atoms with E-state index in [0.29, 0.717) is 5.56 Å². The monoisotopic (exact) mass is 306 g/mol. The maximum absolute atomic E-state index is 14.0. The van der Waals surface area contributed by atoms with Crippen molar-refractivity contribution in [1.29, 1.82) is 5.26 Å². The van der Waals surface area contributed by atoms with Gasteiger partial charge in [0.15, 0.2) is 0 Å². The predicted molar refractivity (Wildman–Crippen MR) is 82.5 cm³/mol. The zero-order valence-electron chi connectivity index (χ0n) is 14.0. The molecule has 0 saturated carbocycles. The van der Waals surface area contributed by atoms with Crippen LogP contribution in [0, 0.1) is 17.1 Å². The lowest BCUT2D eigenvalue weighted by Crippen LogP contribution is -2.50. The predicted octanol–water partition coefficient (Wildman–Crippen LogP) is 3.25. The van der Waals surface area contributed by atoms with Gasteiger partial charge in [-0.3, -0.25) is 9.69 Å². The number of likely N-dealkylation sites (N-methyl/N-ethyl adjacent to an activating group) is 1. The molecular weight excluding hydrogens is 283 g/mol. The number of esters is 1. The quantitative estimate of drug-likeness (QED) is 0.801. The lowest BCUT2D eigenvalue weighted by molar-refractivity contribution is -0.167. The average molecular weight is 306 g/mol. The van der Waals surface area contributed by atoms with E-state index in [1.807, 2.05) is 6.07 Å². The molecule has 1 aromatic carbocycles. The fourth-order valence-electron chi connectivity index (χ4n) is 1.76. The Bertz CT molecular complexity index is 598. The van der Waals surface area contributed by atoms with Gasteiger partial charge in [0.05, 0.1) is 11.6 Å². The highest BCUT2D eigenvalue weighted by molar-refractivity contribution is 5.80. The molecule has 1 aromatic rings. The van der Waals surface area contributed by atoms with Crippen LogP contribution in [0.4, 0.5) is 4.39 Å². The highest BCUT2D eigenvalue weighted by Crippen LogP contribution is 2.22. The molecular formula is C17H23FN2O2. The molecule has 120 valence electrons. The molecule has 4 nitrogen and oxygen atoms in total. The van der Waals surface area contributed by atoms with Gasteiger partial charge < -0.3 is 4.74 Å². The van der Waals surface area contributed by atoms with Crippen molar-refractivity contribution in [2.45, 2.75) is 52.3 Å². The maximum Gasteiger partial charge on any atom is 0.326 e. The molecule has 0 atom stereocenters. The highest BCUT2D eigenvalue weighted by Gasteiger charge is 2.36. The largest absolute Gasteiger partial charge is 0.459 e. The van der Waals surface area contributed by atoms with Crippen LogP contribution in [0.25, 0.3) is 0 Å². The van der Waals surface area contributed by atoms with Gasteiger partial charge in [-0.1, -0.05) is 6.07 Å². The smallest absolute Gasteiger partial charge is 0.326 e. The van der Waals surface area contributed by atoms with Crippen LogP contribution in [0.5, 0.6) is 0 Å². The van der Waals surface area contributed by atoms with E-state index in [1.165, 1.54) is 6.07 Å². The lowest BCUT2D eigenvalue weighted by Gasteiger charge is -2.35.